The topological polar surface area (TPSA) is 26.0 Å². The van der Waals surface area contributed by atoms with Gasteiger partial charge in [-0.05, 0) is 31.6 Å². The molecule has 1 nitrogen and oxygen atoms in total. The summed E-state index contributed by atoms with van der Waals surface area (Å²) in [6, 6.07) is 0.372. The van der Waals surface area contributed by atoms with Crippen molar-refractivity contribution in [3.05, 3.63) is 12.2 Å². The van der Waals surface area contributed by atoms with Crippen LogP contribution in [0.15, 0.2) is 12.2 Å². The smallest absolute Gasteiger partial charge is 0.0107 e. The van der Waals surface area contributed by atoms with Gasteiger partial charge in [0.25, 0.3) is 0 Å². The Morgan fingerprint density at radius 2 is 2.09 bits per heavy atom. The van der Waals surface area contributed by atoms with E-state index in [0.717, 1.165) is 5.92 Å². The summed E-state index contributed by atoms with van der Waals surface area (Å²) in [7, 11) is 0. The van der Waals surface area contributed by atoms with Crippen molar-refractivity contribution >= 4 is 0 Å². The van der Waals surface area contributed by atoms with Crippen molar-refractivity contribution in [3.63, 3.8) is 0 Å². The maximum absolute atomic E-state index is 6.01. The van der Waals surface area contributed by atoms with Gasteiger partial charge in [-0.1, -0.05) is 25.5 Å². The average molecular weight is 153 g/mol. The molecule has 1 fully saturated rings. The lowest BCUT2D eigenvalue weighted by Crippen LogP contribution is -2.36. The molecule has 0 radical (unpaired) electrons. The van der Waals surface area contributed by atoms with Gasteiger partial charge < -0.3 is 5.73 Å². The number of hydrogen-bond donors (Lipinski definition) is 1. The molecule has 2 N–H and O–H groups in total. The number of hydrogen-bond acceptors (Lipinski definition) is 1. The maximum atomic E-state index is 6.01. The van der Waals surface area contributed by atoms with E-state index in [-0.39, 0.29) is 0 Å². The second kappa shape index (κ2) is 3.40. The number of nitrogens with two attached hydrogens (primary N) is 1. The summed E-state index contributed by atoms with van der Waals surface area (Å²) in [5, 5.41) is 0. The molecule has 0 bridgehead atoms. The highest BCUT2D eigenvalue weighted by atomic mass is 14.7. The van der Waals surface area contributed by atoms with E-state index in [1.807, 2.05) is 0 Å². The summed E-state index contributed by atoms with van der Waals surface area (Å²) >= 11 is 0. The second-order valence-electron chi connectivity index (χ2n) is 4.03. The molecule has 11 heavy (non-hydrogen) atoms. The predicted octanol–water partition coefficient (Wildman–Crippen LogP) is 2.33. The summed E-state index contributed by atoms with van der Waals surface area (Å²) in [4.78, 5) is 0. The molecule has 1 aliphatic rings. The quantitative estimate of drug-likeness (QED) is 0.575. The lowest BCUT2D eigenvalue weighted by molar-refractivity contribution is 0.279. The van der Waals surface area contributed by atoms with Crippen molar-refractivity contribution in [1.29, 1.82) is 0 Å². The summed E-state index contributed by atoms with van der Waals surface area (Å²) in [5.74, 6) is 1.41. The molecular formula is C10H19N. The van der Waals surface area contributed by atoms with E-state index in [1.165, 1.54) is 24.8 Å². The molecule has 3 atom stereocenters. The molecular weight excluding hydrogens is 134 g/mol. The molecule has 0 aromatic rings. The minimum absolute atomic E-state index is 0.372. The fourth-order valence-electron chi connectivity index (χ4n) is 2.04. The SMILES string of the molecule is C=C(C)C1CCC(C)CC1N. The Balaban J connectivity index is 2.50. The van der Waals surface area contributed by atoms with Crippen LogP contribution in [0.4, 0.5) is 0 Å². The van der Waals surface area contributed by atoms with Crippen molar-refractivity contribution in [3.8, 4) is 0 Å². The van der Waals surface area contributed by atoms with Crippen LogP contribution in [0.2, 0.25) is 0 Å². The van der Waals surface area contributed by atoms with Gasteiger partial charge in [0.1, 0.15) is 0 Å². The molecule has 0 saturated heterocycles. The van der Waals surface area contributed by atoms with E-state index in [2.05, 4.69) is 20.4 Å². The molecule has 1 heteroatoms. The van der Waals surface area contributed by atoms with Crippen molar-refractivity contribution < 1.29 is 0 Å². The second-order valence-corrected chi connectivity index (χ2v) is 4.03. The standard InChI is InChI=1S/C10H19N/c1-7(2)9-5-4-8(3)6-10(9)11/h8-10H,1,4-6,11H2,2-3H3. The van der Waals surface area contributed by atoms with Crippen LogP contribution in [0.3, 0.4) is 0 Å². The van der Waals surface area contributed by atoms with Crippen LogP contribution in [0, 0.1) is 11.8 Å². The van der Waals surface area contributed by atoms with Crippen LogP contribution in [0.1, 0.15) is 33.1 Å². The van der Waals surface area contributed by atoms with Crippen LogP contribution in [-0.4, -0.2) is 6.04 Å². The Labute approximate surface area is 69.7 Å². The van der Waals surface area contributed by atoms with Crippen molar-refractivity contribution in [2.24, 2.45) is 17.6 Å². The molecule has 64 valence electrons. The first-order chi connectivity index (χ1) is 5.11. The summed E-state index contributed by atoms with van der Waals surface area (Å²) in [5.41, 5.74) is 7.28. The third-order valence-corrected chi connectivity index (χ3v) is 2.79. The van der Waals surface area contributed by atoms with E-state index < -0.39 is 0 Å². The minimum atomic E-state index is 0.372. The molecule has 3 unspecified atom stereocenters. The van der Waals surface area contributed by atoms with Crippen LogP contribution in [-0.2, 0) is 0 Å². The Morgan fingerprint density at radius 3 is 2.55 bits per heavy atom. The van der Waals surface area contributed by atoms with Gasteiger partial charge in [0.15, 0.2) is 0 Å². The summed E-state index contributed by atoms with van der Waals surface area (Å²) in [6.45, 7) is 8.36. The highest BCUT2D eigenvalue weighted by Crippen LogP contribution is 2.31. The van der Waals surface area contributed by atoms with E-state index in [9.17, 15) is 0 Å². The molecule has 0 amide bonds. The normalized spacial score (nSPS) is 38.6. The lowest BCUT2D eigenvalue weighted by Gasteiger charge is -2.32. The van der Waals surface area contributed by atoms with E-state index in [4.69, 9.17) is 5.73 Å². The van der Waals surface area contributed by atoms with Gasteiger partial charge >= 0.3 is 0 Å². The zero-order valence-corrected chi connectivity index (χ0v) is 7.64. The first kappa shape index (κ1) is 8.79. The Bertz CT molecular complexity index is 151. The molecule has 1 rings (SSSR count). The van der Waals surface area contributed by atoms with Crippen molar-refractivity contribution in [2.75, 3.05) is 0 Å². The highest BCUT2D eigenvalue weighted by Gasteiger charge is 2.25. The van der Waals surface area contributed by atoms with Gasteiger partial charge in [-0.15, -0.1) is 0 Å². The van der Waals surface area contributed by atoms with Crippen LogP contribution < -0.4 is 5.73 Å². The van der Waals surface area contributed by atoms with Gasteiger partial charge in [0.2, 0.25) is 0 Å². The molecule has 0 aliphatic heterocycles. The molecule has 0 spiro atoms. The fourth-order valence-corrected chi connectivity index (χ4v) is 2.04. The van der Waals surface area contributed by atoms with Gasteiger partial charge in [-0.2, -0.15) is 0 Å². The fraction of sp³-hybridized carbons (Fsp3) is 0.800. The van der Waals surface area contributed by atoms with E-state index in [1.54, 1.807) is 0 Å². The Morgan fingerprint density at radius 1 is 1.45 bits per heavy atom. The van der Waals surface area contributed by atoms with Crippen molar-refractivity contribution in [1.82, 2.24) is 0 Å². The largest absolute Gasteiger partial charge is 0.327 e. The zero-order valence-electron chi connectivity index (χ0n) is 7.64. The molecule has 1 aliphatic carbocycles. The zero-order chi connectivity index (χ0) is 8.43. The molecule has 1 saturated carbocycles. The third-order valence-electron chi connectivity index (χ3n) is 2.79. The average Bonchev–Trinajstić information content (AvgIpc) is 1.85. The van der Waals surface area contributed by atoms with Gasteiger partial charge in [-0.25, -0.2) is 0 Å². The Hall–Kier alpha value is -0.300. The van der Waals surface area contributed by atoms with E-state index in [0.29, 0.717) is 12.0 Å². The highest BCUT2D eigenvalue weighted by molar-refractivity contribution is 5.02. The Kier molecular flexibility index (Phi) is 2.72. The minimum Gasteiger partial charge on any atom is -0.327 e. The first-order valence-electron chi connectivity index (χ1n) is 4.52. The van der Waals surface area contributed by atoms with Crippen molar-refractivity contribution in [2.45, 2.75) is 39.2 Å². The van der Waals surface area contributed by atoms with Gasteiger partial charge in [0, 0.05) is 6.04 Å². The van der Waals surface area contributed by atoms with Crippen LogP contribution in [0.25, 0.3) is 0 Å². The lowest BCUT2D eigenvalue weighted by atomic mass is 9.77. The molecule has 0 heterocycles. The maximum Gasteiger partial charge on any atom is 0.0107 e. The number of rotatable bonds is 1. The molecule has 0 aromatic heterocycles. The van der Waals surface area contributed by atoms with Gasteiger partial charge in [-0.3, -0.25) is 0 Å². The van der Waals surface area contributed by atoms with Crippen LogP contribution >= 0.6 is 0 Å². The summed E-state index contributed by atoms with van der Waals surface area (Å²) < 4.78 is 0. The summed E-state index contributed by atoms with van der Waals surface area (Å²) in [6.07, 6.45) is 3.75. The first-order valence-corrected chi connectivity index (χ1v) is 4.52. The third kappa shape index (κ3) is 2.06. The van der Waals surface area contributed by atoms with Gasteiger partial charge in [0.05, 0.1) is 0 Å². The van der Waals surface area contributed by atoms with Crippen LogP contribution in [0.5, 0.6) is 0 Å². The molecule has 0 aromatic carbocycles. The predicted molar refractivity (Wildman–Crippen MR) is 49.3 cm³/mol. The van der Waals surface area contributed by atoms with E-state index >= 15 is 0 Å². The monoisotopic (exact) mass is 153 g/mol.